The van der Waals surface area contributed by atoms with E-state index >= 15 is 0 Å². The number of alkyl halides is 2. The zero-order valence-electron chi connectivity index (χ0n) is 10.4. The van der Waals surface area contributed by atoms with Gasteiger partial charge in [0.05, 0.1) is 12.3 Å². The molecular weight excluding hydrogens is 290 g/mol. The lowest BCUT2D eigenvalue weighted by Gasteiger charge is -2.00. The molecule has 0 radical (unpaired) electrons. The van der Waals surface area contributed by atoms with Crippen LogP contribution in [0.4, 0.5) is 8.78 Å². The highest BCUT2D eigenvalue weighted by molar-refractivity contribution is 7.98. The Labute approximate surface area is 118 Å². The van der Waals surface area contributed by atoms with Gasteiger partial charge < -0.3 is 9.73 Å². The maximum absolute atomic E-state index is 12.0. The van der Waals surface area contributed by atoms with Crippen molar-refractivity contribution in [3.63, 3.8) is 0 Å². The molecule has 0 saturated carbocycles. The SMILES string of the molecule is Cc1csc(CNCc2ccc(CSC(F)F)o2)n1. The third kappa shape index (κ3) is 4.93. The van der Waals surface area contributed by atoms with E-state index in [9.17, 15) is 8.78 Å². The van der Waals surface area contributed by atoms with Gasteiger partial charge in [0.2, 0.25) is 0 Å². The van der Waals surface area contributed by atoms with Gasteiger partial charge in [0, 0.05) is 17.6 Å². The molecule has 0 spiro atoms. The van der Waals surface area contributed by atoms with Gasteiger partial charge in [0.15, 0.2) is 0 Å². The maximum Gasteiger partial charge on any atom is 0.284 e. The van der Waals surface area contributed by atoms with Crippen LogP contribution in [-0.4, -0.2) is 10.7 Å². The molecule has 19 heavy (non-hydrogen) atoms. The van der Waals surface area contributed by atoms with Crippen LogP contribution in [0.3, 0.4) is 0 Å². The second-order valence-electron chi connectivity index (χ2n) is 3.93. The van der Waals surface area contributed by atoms with Crippen LogP contribution in [0.15, 0.2) is 21.9 Å². The van der Waals surface area contributed by atoms with E-state index in [1.807, 2.05) is 18.4 Å². The number of hydrogen-bond donors (Lipinski definition) is 1. The molecule has 0 bridgehead atoms. The monoisotopic (exact) mass is 304 g/mol. The molecule has 3 nitrogen and oxygen atoms in total. The van der Waals surface area contributed by atoms with Crippen molar-refractivity contribution in [3.8, 4) is 0 Å². The van der Waals surface area contributed by atoms with E-state index in [1.54, 1.807) is 17.4 Å². The lowest BCUT2D eigenvalue weighted by molar-refractivity contribution is 0.251. The van der Waals surface area contributed by atoms with Crippen molar-refractivity contribution in [2.24, 2.45) is 0 Å². The minimum atomic E-state index is -2.36. The number of nitrogens with one attached hydrogen (secondary N) is 1. The fraction of sp³-hybridized carbons (Fsp3) is 0.417. The Bertz CT molecular complexity index is 513. The highest BCUT2D eigenvalue weighted by atomic mass is 32.2. The van der Waals surface area contributed by atoms with Crippen LogP contribution in [0.25, 0.3) is 0 Å². The highest BCUT2D eigenvalue weighted by Crippen LogP contribution is 2.21. The first kappa shape index (κ1) is 14.5. The third-order valence-electron chi connectivity index (χ3n) is 2.31. The van der Waals surface area contributed by atoms with E-state index in [0.717, 1.165) is 16.5 Å². The number of thioether (sulfide) groups is 1. The fourth-order valence-corrected chi connectivity index (χ4v) is 2.70. The molecule has 2 heterocycles. The molecule has 0 saturated heterocycles. The number of aromatic nitrogens is 1. The average Bonchev–Trinajstić information content (AvgIpc) is 2.96. The van der Waals surface area contributed by atoms with E-state index in [4.69, 9.17) is 4.42 Å². The predicted octanol–water partition coefficient (Wildman–Crippen LogP) is 3.79. The maximum atomic E-state index is 12.0. The first-order valence-corrected chi connectivity index (χ1v) is 7.65. The average molecular weight is 304 g/mol. The summed E-state index contributed by atoms with van der Waals surface area (Å²) in [6.45, 7) is 3.21. The molecule has 0 aliphatic heterocycles. The van der Waals surface area contributed by atoms with Crippen LogP contribution in [-0.2, 0) is 18.8 Å². The molecule has 0 atom stereocenters. The number of rotatable bonds is 7. The minimum Gasteiger partial charge on any atom is -0.464 e. The van der Waals surface area contributed by atoms with Gasteiger partial charge in [-0.25, -0.2) is 4.98 Å². The van der Waals surface area contributed by atoms with E-state index < -0.39 is 5.76 Å². The summed E-state index contributed by atoms with van der Waals surface area (Å²) in [4.78, 5) is 4.33. The minimum absolute atomic E-state index is 0.198. The molecule has 0 aliphatic rings. The molecule has 0 unspecified atom stereocenters. The number of furan rings is 1. The van der Waals surface area contributed by atoms with Crippen molar-refractivity contribution < 1.29 is 13.2 Å². The summed E-state index contributed by atoms with van der Waals surface area (Å²) in [5.41, 5.74) is 1.02. The summed E-state index contributed by atoms with van der Waals surface area (Å²) in [6, 6.07) is 3.54. The molecule has 7 heteroatoms. The number of aryl methyl sites for hydroxylation is 1. The van der Waals surface area contributed by atoms with Gasteiger partial charge in [-0.15, -0.1) is 11.3 Å². The number of hydrogen-bond acceptors (Lipinski definition) is 5. The largest absolute Gasteiger partial charge is 0.464 e. The lowest BCUT2D eigenvalue weighted by Crippen LogP contribution is -2.11. The molecule has 0 aromatic carbocycles. The zero-order valence-corrected chi connectivity index (χ0v) is 12.0. The van der Waals surface area contributed by atoms with Crippen LogP contribution in [0, 0.1) is 6.92 Å². The van der Waals surface area contributed by atoms with E-state index in [1.165, 1.54) is 0 Å². The normalized spacial score (nSPS) is 11.4. The van der Waals surface area contributed by atoms with Gasteiger partial charge in [0.25, 0.3) is 5.76 Å². The topological polar surface area (TPSA) is 38.1 Å². The van der Waals surface area contributed by atoms with Crippen molar-refractivity contribution in [2.75, 3.05) is 0 Å². The van der Waals surface area contributed by atoms with Gasteiger partial charge in [-0.3, -0.25) is 0 Å². The van der Waals surface area contributed by atoms with Gasteiger partial charge >= 0.3 is 0 Å². The molecule has 1 N–H and O–H groups in total. The Morgan fingerprint density at radius 2 is 2.16 bits per heavy atom. The number of halogens is 2. The standard InChI is InChI=1S/C12H14F2N2OS2/c1-8-6-18-11(16-8)5-15-4-9-2-3-10(17-9)7-19-12(13)14/h2-3,6,12,15H,4-5,7H2,1H3. The van der Waals surface area contributed by atoms with Crippen LogP contribution >= 0.6 is 23.1 Å². The summed E-state index contributed by atoms with van der Waals surface area (Å²) < 4.78 is 29.5. The Kier molecular flexibility index (Phi) is 5.35. The fourth-order valence-electron chi connectivity index (χ4n) is 1.52. The van der Waals surface area contributed by atoms with E-state index in [2.05, 4.69) is 10.3 Å². The van der Waals surface area contributed by atoms with Gasteiger partial charge in [0.1, 0.15) is 16.5 Å². The Hall–Kier alpha value is -0.920. The Morgan fingerprint density at radius 1 is 1.37 bits per heavy atom. The third-order valence-corrected chi connectivity index (χ3v) is 3.98. The lowest BCUT2D eigenvalue weighted by atomic mass is 10.4. The van der Waals surface area contributed by atoms with Crippen LogP contribution < -0.4 is 5.32 Å². The second-order valence-corrected chi connectivity index (χ2v) is 5.85. The van der Waals surface area contributed by atoms with E-state index in [0.29, 0.717) is 30.6 Å². The summed E-state index contributed by atoms with van der Waals surface area (Å²) >= 11 is 2.18. The molecule has 2 rings (SSSR count). The molecule has 2 aromatic heterocycles. The molecule has 0 amide bonds. The van der Waals surface area contributed by atoms with Gasteiger partial charge in [-0.1, -0.05) is 11.8 Å². The summed E-state index contributed by atoms with van der Waals surface area (Å²) in [5.74, 6) is -0.839. The molecule has 0 fully saturated rings. The van der Waals surface area contributed by atoms with Crippen LogP contribution in [0.2, 0.25) is 0 Å². The first-order chi connectivity index (χ1) is 9.13. The predicted molar refractivity (Wildman–Crippen MR) is 73.4 cm³/mol. The molecule has 0 aliphatic carbocycles. The Morgan fingerprint density at radius 3 is 2.84 bits per heavy atom. The number of thiazole rings is 1. The molecule has 2 aromatic rings. The summed E-state index contributed by atoms with van der Waals surface area (Å²) in [7, 11) is 0. The van der Waals surface area contributed by atoms with Crippen LogP contribution in [0.5, 0.6) is 0 Å². The van der Waals surface area contributed by atoms with Crippen molar-refractivity contribution >= 4 is 23.1 Å². The van der Waals surface area contributed by atoms with Crippen LogP contribution in [0.1, 0.15) is 22.2 Å². The second kappa shape index (κ2) is 7.02. The zero-order chi connectivity index (χ0) is 13.7. The molecular formula is C12H14F2N2OS2. The van der Waals surface area contributed by atoms with Gasteiger partial charge in [-0.05, 0) is 19.1 Å². The summed E-state index contributed by atoms with van der Waals surface area (Å²) in [6.07, 6.45) is 0. The van der Waals surface area contributed by atoms with Crippen molar-refractivity contribution in [3.05, 3.63) is 39.7 Å². The quantitative estimate of drug-likeness (QED) is 0.844. The highest BCUT2D eigenvalue weighted by Gasteiger charge is 2.07. The molecule has 104 valence electrons. The van der Waals surface area contributed by atoms with Crippen molar-refractivity contribution in [2.45, 2.75) is 31.5 Å². The Balaban J connectivity index is 1.74. The smallest absolute Gasteiger partial charge is 0.284 e. The number of nitrogens with zero attached hydrogens (tertiary/aromatic N) is 1. The summed E-state index contributed by atoms with van der Waals surface area (Å²) in [5, 5.41) is 6.24. The van der Waals surface area contributed by atoms with E-state index in [-0.39, 0.29) is 5.75 Å². The first-order valence-electron chi connectivity index (χ1n) is 5.72. The van der Waals surface area contributed by atoms with Gasteiger partial charge in [-0.2, -0.15) is 8.78 Å². The van der Waals surface area contributed by atoms with Crippen molar-refractivity contribution in [1.82, 2.24) is 10.3 Å². The van der Waals surface area contributed by atoms with Crippen molar-refractivity contribution in [1.29, 1.82) is 0 Å².